The molecule has 1 aromatic heterocycles. The summed E-state index contributed by atoms with van der Waals surface area (Å²) in [7, 11) is 0. The number of carbonyl (C=O) groups excluding carboxylic acids is 1. The average Bonchev–Trinajstić information content (AvgIpc) is 2.91. The van der Waals surface area contributed by atoms with Gasteiger partial charge in [-0.3, -0.25) is 4.79 Å². The van der Waals surface area contributed by atoms with E-state index >= 15 is 0 Å². The van der Waals surface area contributed by atoms with Crippen molar-refractivity contribution in [3.63, 3.8) is 0 Å². The molecule has 0 spiro atoms. The van der Waals surface area contributed by atoms with Crippen molar-refractivity contribution in [2.75, 3.05) is 5.73 Å². The van der Waals surface area contributed by atoms with Gasteiger partial charge in [-0.2, -0.15) is 0 Å². The Balaban J connectivity index is 2.16. The lowest BCUT2D eigenvalue weighted by molar-refractivity contribution is 0.0921. The number of benzene rings is 1. The van der Waals surface area contributed by atoms with E-state index in [-0.39, 0.29) is 17.9 Å². The Morgan fingerprint density at radius 1 is 1.33 bits per heavy atom. The Kier molecular flexibility index (Phi) is 4.96. The molecule has 1 heterocycles. The standard InChI is InChI=1S/C16H21N3OS/c1-4-11-5-7-12(8-6-11)14(10(2)3)19-15(20)13-9-21-16(17)18-13/h5-10,14H,4H2,1-3H3,(H2,17,18)(H,19,20). The van der Waals surface area contributed by atoms with Crippen LogP contribution in [0.15, 0.2) is 29.6 Å². The summed E-state index contributed by atoms with van der Waals surface area (Å²) >= 11 is 1.27. The predicted molar refractivity (Wildman–Crippen MR) is 87.4 cm³/mol. The number of hydrogen-bond donors (Lipinski definition) is 2. The van der Waals surface area contributed by atoms with Crippen LogP contribution in [0.5, 0.6) is 0 Å². The first-order chi connectivity index (χ1) is 10.0. The van der Waals surface area contributed by atoms with E-state index in [4.69, 9.17) is 5.73 Å². The van der Waals surface area contributed by atoms with Crippen molar-refractivity contribution in [2.45, 2.75) is 33.2 Å². The molecule has 1 atom stereocenters. The van der Waals surface area contributed by atoms with Crippen LogP contribution in [-0.2, 0) is 6.42 Å². The number of aromatic nitrogens is 1. The molecule has 5 heteroatoms. The highest BCUT2D eigenvalue weighted by atomic mass is 32.1. The summed E-state index contributed by atoms with van der Waals surface area (Å²) < 4.78 is 0. The van der Waals surface area contributed by atoms with Crippen molar-refractivity contribution in [1.82, 2.24) is 10.3 Å². The number of thiazole rings is 1. The van der Waals surface area contributed by atoms with Gasteiger partial charge in [0.1, 0.15) is 5.69 Å². The Hall–Kier alpha value is -1.88. The molecule has 0 aliphatic rings. The SMILES string of the molecule is CCc1ccc(C(NC(=O)c2csc(N)n2)C(C)C)cc1. The number of aryl methyl sites for hydroxylation is 1. The van der Waals surface area contributed by atoms with Crippen LogP contribution in [0.2, 0.25) is 0 Å². The number of nitrogens with zero attached hydrogens (tertiary/aromatic N) is 1. The van der Waals surface area contributed by atoms with Crippen molar-refractivity contribution in [3.8, 4) is 0 Å². The first-order valence-corrected chi connectivity index (χ1v) is 8.00. The van der Waals surface area contributed by atoms with E-state index in [1.54, 1.807) is 5.38 Å². The van der Waals surface area contributed by atoms with Gasteiger partial charge in [0.25, 0.3) is 5.91 Å². The number of carbonyl (C=O) groups is 1. The molecule has 1 aromatic carbocycles. The molecule has 2 aromatic rings. The van der Waals surface area contributed by atoms with E-state index in [1.165, 1.54) is 16.9 Å². The second kappa shape index (κ2) is 6.72. The number of hydrogen-bond acceptors (Lipinski definition) is 4. The Morgan fingerprint density at radius 3 is 2.48 bits per heavy atom. The summed E-state index contributed by atoms with van der Waals surface area (Å²) in [6, 6.07) is 8.35. The van der Waals surface area contributed by atoms with Crippen LogP contribution in [0.25, 0.3) is 0 Å². The maximum atomic E-state index is 12.2. The number of nitrogen functional groups attached to an aromatic ring is 1. The Morgan fingerprint density at radius 2 is 2.00 bits per heavy atom. The molecule has 3 N–H and O–H groups in total. The first kappa shape index (κ1) is 15.5. The predicted octanol–water partition coefficient (Wildman–Crippen LogP) is 3.41. The quantitative estimate of drug-likeness (QED) is 0.889. The fourth-order valence-corrected chi connectivity index (χ4v) is 2.75. The van der Waals surface area contributed by atoms with E-state index in [0.717, 1.165) is 12.0 Å². The van der Waals surface area contributed by atoms with Gasteiger partial charge < -0.3 is 11.1 Å². The van der Waals surface area contributed by atoms with E-state index in [9.17, 15) is 4.79 Å². The number of anilines is 1. The van der Waals surface area contributed by atoms with E-state index in [2.05, 4.69) is 55.3 Å². The summed E-state index contributed by atoms with van der Waals surface area (Å²) in [4.78, 5) is 16.3. The molecule has 0 saturated carbocycles. The minimum Gasteiger partial charge on any atom is -0.375 e. The number of nitrogens with two attached hydrogens (primary N) is 1. The van der Waals surface area contributed by atoms with E-state index < -0.39 is 0 Å². The zero-order valence-electron chi connectivity index (χ0n) is 12.6. The summed E-state index contributed by atoms with van der Waals surface area (Å²) in [5.41, 5.74) is 8.36. The van der Waals surface area contributed by atoms with Crippen molar-refractivity contribution < 1.29 is 4.79 Å². The lowest BCUT2D eigenvalue weighted by Gasteiger charge is -2.22. The van der Waals surface area contributed by atoms with Gasteiger partial charge in [-0.1, -0.05) is 45.0 Å². The third-order valence-corrected chi connectivity index (χ3v) is 4.13. The van der Waals surface area contributed by atoms with Gasteiger partial charge in [-0.15, -0.1) is 11.3 Å². The minimum absolute atomic E-state index is 0.0358. The van der Waals surface area contributed by atoms with Crippen molar-refractivity contribution in [2.24, 2.45) is 5.92 Å². The van der Waals surface area contributed by atoms with Crippen molar-refractivity contribution in [1.29, 1.82) is 0 Å². The third kappa shape index (κ3) is 3.82. The monoisotopic (exact) mass is 303 g/mol. The van der Waals surface area contributed by atoms with Gasteiger partial charge in [0.2, 0.25) is 0 Å². The lowest BCUT2D eigenvalue weighted by atomic mass is 9.95. The zero-order valence-corrected chi connectivity index (χ0v) is 13.4. The number of rotatable bonds is 5. The average molecular weight is 303 g/mol. The molecule has 4 nitrogen and oxygen atoms in total. The summed E-state index contributed by atoms with van der Waals surface area (Å²) in [5.74, 6) is 0.110. The van der Waals surface area contributed by atoms with Crippen LogP contribution in [0.4, 0.5) is 5.13 Å². The van der Waals surface area contributed by atoms with Crippen LogP contribution in [-0.4, -0.2) is 10.9 Å². The smallest absolute Gasteiger partial charge is 0.271 e. The second-order valence-electron chi connectivity index (χ2n) is 5.36. The van der Waals surface area contributed by atoms with Crippen LogP contribution in [0, 0.1) is 5.92 Å². The number of amides is 1. The normalized spacial score (nSPS) is 12.4. The molecule has 112 valence electrons. The minimum atomic E-state index is -0.179. The highest BCUT2D eigenvalue weighted by Crippen LogP contribution is 2.23. The molecule has 0 fully saturated rings. The Bertz CT molecular complexity index is 604. The largest absolute Gasteiger partial charge is 0.375 e. The van der Waals surface area contributed by atoms with Crippen LogP contribution >= 0.6 is 11.3 Å². The molecule has 0 aliphatic heterocycles. The van der Waals surface area contributed by atoms with Crippen LogP contribution < -0.4 is 11.1 Å². The second-order valence-corrected chi connectivity index (χ2v) is 6.25. The van der Waals surface area contributed by atoms with Gasteiger partial charge in [-0.05, 0) is 23.5 Å². The van der Waals surface area contributed by atoms with Crippen LogP contribution in [0.3, 0.4) is 0 Å². The Labute approximate surface area is 129 Å². The fraction of sp³-hybridized carbons (Fsp3) is 0.375. The molecule has 1 amide bonds. The first-order valence-electron chi connectivity index (χ1n) is 7.12. The molecule has 0 radical (unpaired) electrons. The molecule has 1 unspecified atom stereocenters. The highest BCUT2D eigenvalue weighted by Gasteiger charge is 2.20. The molecule has 21 heavy (non-hydrogen) atoms. The maximum absolute atomic E-state index is 12.2. The van der Waals surface area contributed by atoms with E-state index in [1.807, 2.05) is 0 Å². The van der Waals surface area contributed by atoms with Crippen LogP contribution in [0.1, 0.15) is 48.4 Å². The fourth-order valence-electron chi connectivity index (χ4n) is 2.20. The molecule has 0 saturated heterocycles. The number of nitrogens with one attached hydrogen (secondary N) is 1. The van der Waals surface area contributed by atoms with E-state index in [0.29, 0.717) is 10.8 Å². The van der Waals surface area contributed by atoms with Gasteiger partial charge >= 0.3 is 0 Å². The summed E-state index contributed by atoms with van der Waals surface area (Å²) in [6.07, 6.45) is 1.01. The summed E-state index contributed by atoms with van der Waals surface area (Å²) in [5, 5.41) is 5.14. The molecular formula is C16H21N3OS. The molecular weight excluding hydrogens is 282 g/mol. The topological polar surface area (TPSA) is 68.0 Å². The van der Waals surface area contributed by atoms with Gasteiger partial charge in [0.05, 0.1) is 6.04 Å². The summed E-state index contributed by atoms with van der Waals surface area (Å²) in [6.45, 7) is 6.31. The lowest BCUT2D eigenvalue weighted by Crippen LogP contribution is -2.32. The molecule has 0 aliphatic carbocycles. The highest BCUT2D eigenvalue weighted by molar-refractivity contribution is 7.13. The molecule has 0 bridgehead atoms. The van der Waals surface area contributed by atoms with Gasteiger partial charge in [-0.25, -0.2) is 4.98 Å². The zero-order chi connectivity index (χ0) is 15.4. The molecule has 2 rings (SSSR count). The third-order valence-electron chi connectivity index (χ3n) is 3.45. The maximum Gasteiger partial charge on any atom is 0.271 e. The van der Waals surface area contributed by atoms with Crippen molar-refractivity contribution >= 4 is 22.4 Å². The van der Waals surface area contributed by atoms with Crippen molar-refractivity contribution in [3.05, 3.63) is 46.5 Å². The van der Waals surface area contributed by atoms with Gasteiger partial charge in [0, 0.05) is 5.38 Å². The van der Waals surface area contributed by atoms with Gasteiger partial charge in [0.15, 0.2) is 5.13 Å².